The predicted octanol–water partition coefficient (Wildman–Crippen LogP) is 3.53. The zero-order chi connectivity index (χ0) is 12.4. The quantitative estimate of drug-likeness (QED) is 0.734. The second-order valence-electron chi connectivity index (χ2n) is 4.31. The molecule has 19 heavy (non-hydrogen) atoms. The maximum atomic E-state index is 10.2. The van der Waals surface area contributed by atoms with Gasteiger partial charge in [0.15, 0.2) is 0 Å². The first-order chi connectivity index (χ1) is 8.84. The first kappa shape index (κ1) is 13.6. The molecule has 0 fully saturated rings. The van der Waals surface area contributed by atoms with Gasteiger partial charge in [-0.1, -0.05) is 48.5 Å². The van der Waals surface area contributed by atoms with Gasteiger partial charge < -0.3 is 5.11 Å². The third kappa shape index (κ3) is 2.78. The van der Waals surface area contributed by atoms with Crippen LogP contribution in [0.5, 0.6) is 5.75 Å². The molecule has 0 aliphatic rings. The van der Waals surface area contributed by atoms with Gasteiger partial charge >= 0.3 is 17.1 Å². The van der Waals surface area contributed by atoms with Crippen LogP contribution in [0.3, 0.4) is 0 Å². The molecule has 1 N–H and O–H groups in total. The smallest absolute Gasteiger partial charge is 0.505 e. The molecule has 98 valence electrons. The SMILES string of the molecule is Oc1c(Cc2ccccc2)ccc2cccnc12.[Cu+]. The van der Waals surface area contributed by atoms with Crippen molar-refractivity contribution in [3.05, 3.63) is 71.9 Å². The average Bonchev–Trinajstić information content (AvgIpc) is 2.43. The van der Waals surface area contributed by atoms with E-state index in [2.05, 4.69) is 17.1 Å². The Kier molecular flexibility index (Phi) is 4.20. The van der Waals surface area contributed by atoms with Crippen LogP contribution in [0.15, 0.2) is 60.8 Å². The van der Waals surface area contributed by atoms with E-state index in [0.29, 0.717) is 5.52 Å². The number of hydrogen-bond acceptors (Lipinski definition) is 2. The second kappa shape index (κ2) is 5.87. The van der Waals surface area contributed by atoms with Gasteiger partial charge in [-0.15, -0.1) is 0 Å². The van der Waals surface area contributed by atoms with E-state index in [-0.39, 0.29) is 22.8 Å². The first-order valence-electron chi connectivity index (χ1n) is 5.94. The Morgan fingerprint density at radius 1 is 0.895 bits per heavy atom. The summed E-state index contributed by atoms with van der Waals surface area (Å²) in [5.74, 6) is 0.289. The maximum Gasteiger partial charge on any atom is 1.00 e. The van der Waals surface area contributed by atoms with Gasteiger partial charge in [-0.2, -0.15) is 0 Å². The molecule has 3 rings (SSSR count). The topological polar surface area (TPSA) is 33.1 Å². The van der Waals surface area contributed by atoms with Crippen molar-refractivity contribution in [2.24, 2.45) is 0 Å². The summed E-state index contributed by atoms with van der Waals surface area (Å²) in [7, 11) is 0. The first-order valence-corrected chi connectivity index (χ1v) is 5.94. The zero-order valence-corrected chi connectivity index (χ0v) is 11.1. The average molecular weight is 299 g/mol. The summed E-state index contributed by atoms with van der Waals surface area (Å²) >= 11 is 0. The molecule has 0 amide bonds. The number of nitrogens with zero attached hydrogens (tertiary/aromatic N) is 1. The standard InChI is InChI=1S/C16H13NO.Cu/c18-16-14(11-12-5-2-1-3-6-12)9-8-13-7-4-10-17-15(13)16;/h1-10,18H,11H2;/q;+1. The number of pyridine rings is 1. The number of fused-ring (bicyclic) bond motifs is 1. The Labute approximate surface area is 122 Å². The molecule has 0 unspecified atom stereocenters. The molecule has 3 heteroatoms. The largest absolute Gasteiger partial charge is 1.00 e. The maximum absolute atomic E-state index is 10.2. The molecule has 2 aromatic carbocycles. The molecule has 0 aliphatic carbocycles. The second-order valence-corrected chi connectivity index (χ2v) is 4.31. The van der Waals surface area contributed by atoms with Crippen LogP contribution in [0.25, 0.3) is 10.9 Å². The minimum atomic E-state index is 0. The zero-order valence-electron chi connectivity index (χ0n) is 10.2. The summed E-state index contributed by atoms with van der Waals surface area (Å²) in [5.41, 5.74) is 2.77. The van der Waals surface area contributed by atoms with Crippen molar-refractivity contribution < 1.29 is 22.2 Å². The number of benzene rings is 2. The number of rotatable bonds is 2. The van der Waals surface area contributed by atoms with E-state index in [9.17, 15) is 5.11 Å². The number of phenolic OH excluding ortho intramolecular Hbond substituents is 1. The Bertz CT molecular complexity index is 683. The summed E-state index contributed by atoms with van der Waals surface area (Å²) in [6, 6.07) is 17.9. The molecule has 1 aromatic heterocycles. The molecule has 0 radical (unpaired) electrons. The fourth-order valence-electron chi connectivity index (χ4n) is 2.13. The molecule has 0 spiro atoms. The molecule has 1 heterocycles. The normalized spacial score (nSPS) is 10.1. The summed E-state index contributed by atoms with van der Waals surface area (Å²) in [4.78, 5) is 4.23. The van der Waals surface area contributed by atoms with E-state index in [1.54, 1.807) is 6.20 Å². The predicted molar refractivity (Wildman–Crippen MR) is 72.7 cm³/mol. The number of aromatic nitrogens is 1. The Morgan fingerprint density at radius 3 is 2.47 bits per heavy atom. The van der Waals surface area contributed by atoms with Gasteiger partial charge in [-0.05, 0) is 11.6 Å². The summed E-state index contributed by atoms with van der Waals surface area (Å²) in [6.45, 7) is 0. The van der Waals surface area contributed by atoms with Crippen molar-refractivity contribution in [1.29, 1.82) is 0 Å². The molecule has 0 atom stereocenters. The van der Waals surface area contributed by atoms with Gasteiger partial charge in [0.05, 0.1) is 0 Å². The van der Waals surface area contributed by atoms with Gasteiger partial charge in [0.2, 0.25) is 0 Å². The van der Waals surface area contributed by atoms with Crippen LogP contribution in [0.1, 0.15) is 11.1 Å². The molecule has 0 saturated carbocycles. The molecular formula is C16H13CuNO+. The Hall–Kier alpha value is -1.83. The van der Waals surface area contributed by atoms with Crippen molar-refractivity contribution in [2.45, 2.75) is 6.42 Å². The van der Waals surface area contributed by atoms with Crippen LogP contribution >= 0.6 is 0 Å². The van der Waals surface area contributed by atoms with Gasteiger partial charge in [0, 0.05) is 23.6 Å². The van der Waals surface area contributed by atoms with Crippen LogP contribution in [0, 0.1) is 0 Å². The molecule has 3 aromatic rings. The van der Waals surface area contributed by atoms with Crippen LogP contribution < -0.4 is 0 Å². The number of aromatic hydroxyl groups is 1. The summed E-state index contributed by atoms with van der Waals surface area (Å²) < 4.78 is 0. The Morgan fingerprint density at radius 2 is 1.68 bits per heavy atom. The van der Waals surface area contributed by atoms with Crippen LogP contribution in [0.2, 0.25) is 0 Å². The fourth-order valence-corrected chi connectivity index (χ4v) is 2.13. The van der Waals surface area contributed by atoms with Crippen molar-refractivity contribution in [2.75, 3.05) is 0 Å². The van der Waals surface area contributed by atoms with E-state index in [1.165, 1.54) is 5.56 Å². The van der Waals surface area contributed by atoms with E-state index in [4.69, 9.17) is 0 Å². The van der Waals surface area contributed by atoms with Crippen LogP contribution in [0.4, 0.5) is 0 Å². The van der Waals surface area contributed by atoms with E-state index in [0.717, 1.165) is 17.4 Å². The van der Waals surface area contributed by atoms with Gasteiger partial charge in [-0.3, -0.25) is 4.98 Å². The minimum Gasteiger partial charge on any atom is -0.505 e. The van der Waals surface area contributed by atoms with Crippen LogP contribution in [-0.2, 0) is 23.5 Å². The number of hydrogen-bond donors (Lipinski definition) is 1. The minimum absolute atomic E-state index is 0. The molecule has 0 aliphatic heterocycles. The van der Waals surface area contributed by atoms with Crippen molar-refractivity contribution >= 4 is 10.9 Å². The Balaban J connectivity index is 0.00000133. The van der Waals surface area contributed by atoms with Crippen LogP contribution in [-0.4, -0.2) is 10.1 Å². The van der Waals surface area contributed by atoms with Crippen molar-refractivity contribution in [3.63, 3.8) is 0 Å². The van der Waals surface area contributed by atoms with E-state index in [1.807, 2.05) is 42.5 Å². The number of phenols is 1. The molecule has 0 saturated heterocycles. The van der Waals surface area contributed by atoms with E-state index < -0.39 is 0 Å². The van der Waals surface area contributed by atoms with Gasteiger partial charge in [-0.25, -0.2) is 0 Å². The van der Waals surface area contributed by atoms with E-state index >= 15 is 0 Å². The van der Waals surface area contributed by atoms with Gasteiger partial charge in [0.25, 0.3) is 0 Å². The van der Waals surface area contributed by atoms with Gasteiger partial charge in [0.1, 0.15) is 11.3 Å². The molecular weight excluding hydrogens is 286 g/mol. The monoisotopic (exact) mass is 298 g/mol. The molecule has 0 bridgehead atoms. The van der Waals surface area contributed by atoms with Crippen molar-refractivity contribution in [1.82, 2.24) is 4.98 Å². The van der Waals surface area contributed by atoms with Crippen molar-refractivity contribution in [3.8, 4) is 5.75 Å². The summed E-state index contributed by atoms with van der Waals surface area (Å²) in [6.07, 6.45) is 2.42. The summed E-state index contributed by atoms with van der Waals surface area (Å²) in [5, 5.41) is 11.2. The molecule has 2 nitrogen and oxygen atoms in total. The third-order valence-electron chi connectivity index (χ3n) is 3.07. The third-order valence-corrected chi connectivity index (χ3v) is 3.07. The fraction of sp³-hybridized carbons (Fsp3) is 0.0625.